The van der Waals surface area contributed by atoms with Gasteiger partial charge in [0, 0.05) is 24.3 Å². The Morgan fingerprint density at radius 1 is 1.37 bits per heavy atom. The number of hydrogen-bond acceptors (Lipinski definition) is 4. The molecule has 1 aromatic carbocycles. The minimum Gasteiger partial charge on any atom is -0.392 e. The number of likely N-dealkylation sites (tertiary alicyclic amines) is 1. The summed E-state index contributed by atoms with van der Waals surface area (Å²) in [6.45, 7) is 1.53. The summed E-state index contributed by atoms with van der Waals surface area (Å²) < 4.78 is 0. The van der Waals surface area contributed by atoms with Crippen LogP contribution in [-0.2, 0) is 4.79 Å². The number of benzene rings is 1. The molecule has 2 rings (SSSR count). The van der Waals surface area contributed by atoms with Gasteiger partial charge in [0.15, 0.2) is 0 Å². The van der Waals surface area contributed by atoms with Crippen LogP contribution in [0.2, 0.25) is 0 Å². The van der Waals surface area contributed by atoms with E-state index < -0.39 is 5.91 Å². The van der Waals surface area contributed by atoms with Gasteiger partial charge in [-0.05, 0) is 30.7 Å². The molecule has 102 valence electrons. The van der Waals surface area contributed by atoms with Crippen LogP contribution in [0.3, 0.4) is 0 Å². The van der Waals surface area contributed by atoms with Crippen LogP contribution in [0.25, 0.3) is 0 Å². The molecule has 1 aromatic rings. The molecule has 0 bridgehead atoms. The van der Waals surface area contributed by atoms with Crippen molar-refractivity contribution in [1.82, 2.24) is 4.90 Å². The van der Waals surface area contributed by atoms with Crippen molar-refractivity contribution in [3.8, 4) is 0 Å². The summed E-state index contributed by atoms with van der Waals surface area (Å²) in [5.41, 5.74) is 6.15. The van der Waals surface area contributed by atoms with Crippen LogP contribution >= 0.6 is 0 Å². The van der Waals surface area contributed by atoms with E-state index in [9.17, 15) is 14.7 Å². The summed E-state index contributed by atoms with van der Waals surface area (Å²) in [7, 11) is 0. The van der Waals surface area contributed by atoms with Gasteiger partial charge in [0.05, 0.1) is 12.6 Å². The fraction of sp³-hybridized carbons (Fsp3) is 0.385. The van der Waals surface area contributed by atoms with Crippen LogP contribution in [0.4, 0.5) is 5.69 Å². The van der Waals surface area contributed by atoms with E-state index in [4.69, 9.17) is 5.73 Å². The first-order chi connectivity index (χ1) is 9.04. The zero-order chi connectivity index (χ0) is 13.8. The molecule has 0 aliphatic carbocycles. The Hall–Kier alpha value is -1.92. The van der Waals surface area contributed by atoms with E-state index in [0.717, 1.165) is 6.54 Å². The van der Waals surface area contributed by atoms with Gasteiger partial charge in [-0.15, -0.1) is 0 Å². The van der Waals surface area contributed by atoms with Gasteiger partial charge in [-0.2, -0.15) is 0 Å². The number of rotatable bonds is 4. The molecule has 0 spiro atoms. The smallest absolute Gasteiger partial charge is 0.248 e. The molecular formula is C13H17N3O3. The highest BCUT2D eigenvalue weighted by atomic mass is 16.3. The average Bonchev–Trinajstić information content (AvgIpc) is 2.75. The number of anilines is 1. The Labute approximate surface area is 111 Å². The number of nitrogens with one attached hydrogen (secondary N) is 1. The summed E-state index contributed by atoms with van der Waals surface area (Å²) in [5, 5.41) is 12.1. The summed E-state index contributed by atoms with van der Waals surface area (Å²) in [5.74, 6) is -0.634. The molecular weight excluding hydrogens is 246 g/mol. The quantitative estimate of drug-likeness (QED) is 0.700. The first-order valence-electron chi connectivity index (χ1n) is 6.15. The zero-order valence-electron chi connectivity index (χ0n) is 10.5. The van der Waals surface area contributed by atoms with E-state index in [1.54, 1.807) is 24.3 Å². The number of aliphatic hydroxyl groups is 1. The maximum absolute atomic E-state index is 11.8. The van der Waals surface area contributed by atoms with Crippen LogP contribution < -0.4 is 11.1 Å². The van der Waals surface area contributed by atoms with Crippen molar-refractivity contribution in [1.29, 1.82) is 0 Å². The van der Waals surface area contributed by atoms with Crippen molar-refractivity contribution >= 4 is 17.5 Å². The summed E-state index contributed by atoms with van der Waals surface area (Å²) >= 11 is 0. The van der Waals surface area contributed by atoms with Crippen LogP contribution in [0.15, 0.2) is 24.3 Å². The second-order valence-electron chi connectivity index (χ2n) is 4.67. The number of carbonyl (C=O) groups excluding carboxylic acids is 2. The standard InChI is InChI=1S/C13H17N3O3/c14-13(19)9-1-3-10(4-2-9)15-12(18)8-16-6-5-11(17)7-16/h1-4,11,17H,5-8H2,(H2,14,19)(H,15,18). The Kier molecular flexibility index (Phi) is 4.13. The normalized spacial score (nSPS) is 19.3. The Morgan fingerprint density at radius 3 is 2.58 bits per heavy atom. The summed E-state index contributed by atoms with van der Waals surface area (Å²) in [4.78, 5) is 24.6. The van der Waals surface area contributed by atoms with Crippen LogP contribution in [-0.4, -0.2) is 47.6 Å². The minimum atomic E-state index is -0.496. The largest absolute Gasteiger partial charge is 0.392 e. The van der Waals surface area contributed by atoms with Crippen molar-refractivity contribution in [2.45, 2.75) is 12.5 Å². The zero-order valence-corrected chi connectivity index (χ0v) is 10.5. The predicted octanol–water partition coefficient (Wildman–Crippen LogP) is -0.209. The van der Waals surface area contributed by atoms with Crippen LogP contribution in [0.5, 0.6) is 0 Å². The third-order valence-corrected chi connectivity index (χ3v) is 3.07. The topological polar surface area (TPSA) is 95.7 Å². The molecule has 19 heavy (non-hydrogen) atoms. The van der Waals surface area contributed by atoms with Gasteiger partial charge in [-0.3, -0.25) is 14.5 Å². The molecule has 1 aliphatic rings. The van der Waals surface area contributed by atoms with Crippen molar-refractivity contribution in [2.24, 2.45) is 5.73 Å². The lowest BCUT2D eigenvalue weighted by Gasteiger charge is -2.14. The van der Waals surface area contributed by atoms with E-state index in [-0.39, 0.29) is 18.6 Å². The van der Waals surface area contributed by atoms with Gasteiger partial charge in [-0.25, -0.2) is 0 Å². The summed E-state index contributed by atoms with van der Waals surface area (Å²) in [6.07, 6.45) is 0.378. The van der Waals surface area contributed by atoms with Gasteiger partial charge < -0.3 is 16.2 Å². The second-order valence-corrected chi connectivity index (χ2v) is 4.67. The number of amides is 2. The number of β-amino-alcohol motifs (C(OH)–C–C–N with tert-alkyl or cyclic N) is 1. The molecule has 1 heterocycles. The molecule has 2 amide bonds. The summed E-state index contributed by atoms with van der Waals surface area (Å²) in [6, 6.07) is 6.41. The number of nitrogens with two attached hydrogens (primary N) is 1. The maximum atomic E-state index is 11.8. The highest BCUT2D eigenvalue weighted by Crippen LogP contribution is 2.11. The van der Waals surface area contributed by atoms with Crippen LogP contribution in [0.1, 0.15) is 16.8 Å². The van der Waals surface area contributed by atoms with Crippen molar-refractivity contribution in [2.75, 3.05) is 25.0 Å². The van der Waals surface area contributed by atoms with Gasteiger partial charge in [-0.1, -0.05) is 0 Å². The number of aliphatic hydroxyl groups excluding tert-OH is 1. The number of hydrogen-bond donors (Lipinski definition) is 3. The lowest BCUT2D eigenvalue weighted by molar-refractivity contribution is -0.117. The van der Waals surface area contributed by atoms with E-state index >= 15 is 0 Å². The molecule has 6 nitrogen and oxygen atoms in total. The van der Waals surface area contributed by atoms with E-state index in [1.807, 2.05) is 4.90 Å². The van der Waals surface area contributed by atoms with Gasteiger partial charge in [0.2, 0.25) is 11.8 Å². The fourth-order valence-corrected chi connectivity index (χ4v) is 2.08. The number of primary amides is 1. The van der Waals surface area contributed by atoms with Crippen molar-refractivity contribution in [3.63, 3.8) is 0 Å². The first kappa shape index (κ1) is 13.5. The molecule has 0 radical (unpaired) electrons. The average molecular weight is 263 g/mol. The molecule has 1 saturated heterocycles. The lowest BCUT2D eigenvalue weighted by atomic mass is 10.2. The monoisotopic (exact) mass is 263 g/mol. The van der Waals surface area contributed by atoms with Gasteiger partial charge in [0.25, 0.3) is 0 Å². The number of carbonyl (C=O) groups is 2. The third-order valence-electron chi connectivity index (χ3n) is 3.07. The molecule has 0 saturated carbocycles. The molecule has 1 aliphatic heterocycles. The fourth-order valence-electron chi connectivity index (χ4n) is 2.08. The highest BCUT2D eigenvalue weighted by Gasteiger charge is 2.21. The predicted molar refractivity (Wildman–Crippen MR) is 70.7 cm³/mol. The Bertz CT molecular complexity index is 473. The molecule has 6 heteroatoms. The molecule has 1 unspecified atom stereocenters. The Balaban J connectivity index is 1.86. The Morgan fingerprint density at radius 2 is 2.05 bits per heavy atom. The van der Waals surface area contributed by atoms with E-state index in [2.05, 4.69) is 5.32 Å². The lowest BCUT2D eigenvalue weighted by Crippen LogP contribution is -2.32. The third kappa shape index (κ3) is 3.77. The highest BCUT2D eigenvalue weighted by molar-refractivity contribution is 5.95. The molecule has 1 fully saturated rings. The number of nitrogens with zero attached hydrogens (tertiary/aromatic N) is 1. The molecule has 4 N–H and O–H groups in total. The SMILES string of the molecule is NC(=O)c1ccc(NC(=O)CN2CCC(O)C2)cc1. The maximum Gasteiger partial charge on any atom is 0.248 e. The minimum absolute atomic E-state index is 0.138. The van der Waals surface area contributed by atoms with Gasteiger partial charge >= 0.3 is 0 Å². The van der Waals surface area contributed by atoms with E-state index in [0.29, 0.717) is 24.2 Å². The van der Waals surface area contributed by atoms with Crippen molar-refractivity contribution < 1.29 is 14.7 Å². The molecule has 0 aromatic heterocycles. The van der Waals surface area contributed by atoms with Crippen molar-refractivity contribution in [3.05, 3.63) is 29.8 Å². The van der Waals surface area contributed by atoms with Crippen LogP contribution in [0, 0.1) is 0 Å². The second kappa shape index (κ2) is 5.81. The van der Waals surface area contributed by atoms with Gasteiger partial charge in [0.1, 0.15) is 0 Å². The molecule has 1 atom stereocenters. The first-order valence-corrected chi connectivity index (χ1v) is 6.15. The van der Waals surface area contributed by atoms with E-state index in [1.165, 1.54) is 0 Å².